The van der Waals surface area contributed by atoms with Gasteiger partial charge in [0.2, 0.25) is 0 Å². The Morgan fingerprint density at radius 3 is 2.68 bits per heavy atom. The number of anilines is 1. The van der Waals surface area contributed by atoms with Gasteiger partial charge in [-0.25, -0.2) is 0 Å². The van der Waals surface area contributed by atoms with Crippen LogP contribution < -0.4 is 10.1 Å². The number of carbonyl (C=O) groups is 1. The molecule has 1 N–H and O–H groups in total. The van der Waals surface area contributed by atoms with Crippen LogP contribution in [0.2, 0.25) is 0 Å². The summed E-state index contributed by atoms with van der Waals surface area (Å²) >= 11 is 0. The molecule has 2 aromatic rings. The van der Waals surface area contributed by atoms with Gasteiger partial charge in [0.15, 0.2) is 0 Å². The molecular formula is C15H15N3O4. The minimum atomic E-state index is -0.555. The van der Waals surface area contributed by atoms with Gasteiger partial charge in [0, 0.05) is 18.0 Å². The lowest BCUT2D eigenvalue weighted by Crippen LogP contribution is -2.13. The van der Waals surface area contributed by atoms with Gasteiger partial charge >= 0.3 is 0 Å². The Labute approximate surface area is 127 Å². The zero-order valence-electron chi connectivity index (χ0n) is 12.0. The fourth-order valence-corrected chi connectivity index (χ4v) is 1.78. The summed E-state index contributed by atoms with van der Waals surface area (Å²) in [6.07, 6.45) is 3.75. The van der Waals surface area contributed by atoms with Gasteiger partial charge in [-0.05, 0) is 30.7 Å². The van der Waals surface area contributed by atoms with Gasteiger partial charge in [-0.1, -0.05) is 6.92 Å². The highest BCUT2D eigenvalue weighted by Crippen LogP contribution is 2.29. The summed E-state index contributed by atoms with van der Waals surface area (Å²) < 4.78 is 5.37. The second kappa shape index (κ2) is 7.16. The van der Waals surface area contributed by atoms with Crippen LogP contribution in [0, 0.1) is 10.1 Å². The van der Waals surface area contributed by atoms with E-state index in [-0.39, 0.29) is 11.4 Å². The second-order valence-electron chi connectivity index (χ2n) is 4.47. The van der Waals surface area contributed by atoms with E-state index in [1.165, 1.54) is 36.7 Å². The second-order valence-corrected chi connectivity index (χ2v) is 4.47. The summed E-state index contributed by atoms with van der Waals surface area (Å²) in [5.74, 6) is -0.0387. The normalized spacial score (nSPS) is 10.0. The number of carbonyl (C=O) groups excluding carboxylic acids is 1. The lowest BCUT2D eigenvalue weighted by molar-refractivity contribution is -0.384. The van der Waals surface area contributed by atoms with Crippen molar-refractivity contribution in [3.8, 4) is 5.75 Å². The molecule has 0 bridgehead atoms. The van der Waals surface area contributed by atoms with Crippen LogP contribution in [-0.2, 0) is 0 Å². The maximum Gasteiger partial charge on any atom is 0.296 e. The Hall–Kier alpha value is -2.96. The van der Waals surface area contributed by atoms with Crippen molar-refractivity contribution in [2.45, 2.75) is 13.3 Å². The molecule has 0 fully saturated rings. The molecule has 0 aliphatic carbocycles. The quantitative estimate of drug-likeness (QED) is 0.653. The van der Waals surface area contributed by atoms with E-state index in [1.54, 1.807) is 6.07 Å². The van der Waals surface area contributed by atoms with Gasteiger partial charge in [0.25, 0.3) is 11.6 Å². The van der Waals surface area contributed by atoms with Crippen molar-refractivity contribution in [1.29, 1.82) is 0 Å². The van der Waals surface area contributed by atoms with E-state index < -0.39 is 10.8 Å². The Kier molecular flexibility index (Phi) is 5.02. The number of aromatic nitrogens is 1. The van der Waals surface area contributed by atoms with Crippen LogP contribution in [0.1, 0.15) is 23.7 Å². The number of rotatable bonds is 6. The molecular weight excluding hydrogens is 286 g/mol. The number of nitrogens with zero attached hydrogens (tertiary/aromatic N) is 2. The molecule has 0 saturated heterocycles. The van der Waals surface area contributed by atoms with Crippen LogP contribution >= 0.6 is 0 Å². The molecule has 0 unspecified atom stereocenters. The topological polar surface area (TPSA) is 94.4 Å². The van der Waals surface area contributed by atoms with Gasteiger partial charge in [-0.3, -0.25) is 19.9 Å². The molecule has 2 rings (SSSR count). The molecule has 0 spiro atoms. The van der Waals surface area contributed by atoms with Gasteiger partial charge in [0.1, 0.15) is 11.4 Å². The zero-order valence-corrected chi connectivity index (χ0v) is 12.0. The predicted molar refractivity (Wildman–Crippen MR) is 81.1 cm³/mol. The summed E-state index contributed by atoms with van der Waals surface area (Å²) in [6, 6.07) is 7.41. The van der Waals surface area contributed by atoms with E-state index in [1.807, 2.05) is 6.92 Å². The van der Waals surface area contributed by atoms with Gasteiger partial charge < -0.3 is 10.1 Å². The predicted octanol–water partition coefficient (Wildman–Crippen LogP) is 3.03. The third-order valence-electron chi connectivity index (χ3n) is 2.83. The van der Waals surface area contributed by atoms with E-state index in [0.29, 0.717) is 17.9 Å². The molecule has 1 heterocycles. The highest BCUT2D eigenvalue weighted by molar-refractivity contribution is 6.05. The van der Waals surface area contributed by atoms with E-state index in [9.17, 15) is 14.9 Å². The van der Waals surface area contributed by atoms with Crippen molar-refractivity contribution in [2.75, 3.05) is 11.9 Å². The van der Waals surface area contributed by atoms with E-state index in [0.717, 1.165) is 6.42 Å². The maximum atomic E-state index is 12.1. The number of pyridine rings is 1. The number of nitro groups is 1. The average Bonchev–Trinajstić information content (AvgIpc) is 2.54. The standard InChI is InChI=1S/C15H15N3O4/c1-2-9-22-12-3-4-13(14(10-12)18(20)21)17-15(19)11-5-7-16-8-6-11/h3-8,10H,2,9H2,1H3,(H,17,19). The van der Waals surface area contributed by atoms with Crippen molar-refractivity contribution >= 4 is 17.3 Å². The van der Waals surface area contributed by atoms with E-state index >= 15 is 0 Å². The first-order chi connectivity index (χ1) is 10.6. The fraction of sp³-hybridized carbons (Fsp3) is 0.200. The molecule has 0 aliphatic rings. The number of ether oxygens (including phenoxy) is 1. The maximum absolute atomic E-state index is 12.1. The number of nitrogens with one attached hydrogen (secondary N) is 1. The molecule has 7 heteroatoms. The lowest BCUT2D eigenvalue weighted by Gasteiger charge is -2.08. The Bertz CT molecular complexity index is 674. The summed E-state index contributed by atoms with van der Waals surface area (Å²) in [7, 11) is 0. The van der Waals surface area contributed by atoms with Crippen molar-refractivity contribution in [3.05, 3.63) is 58.4 Å². The third kappa shape index (κ3) is 3.78. The number of hydrogen-bond acceptors (Lipinski definition) is 5. The largest absolute Gasteiger partial charge is 0.493 e. The van der Waals surface area contributed by atoms with Crippen LogP contribution in [0.4, 0.5) is 11.4 Å². The molecule has 1 amide bonds. The molecule has 114 valence electrons. The first-order valence-corrected chi connectivity index (χ1v) is 6.74. The number of benzene rings is 1. The van der Waals surface area contributed by atoms with Gasteiger partial charge in [-0.2, -0.15) is 0 Å². The Morgan fingerprint density at radius 2 is 2.05 bits per heavy atom. The Balaban J connectivity index is 2.23. The Morgan fingerprint density at radius 1 is 1.32 bits per heavy atom. The summed E-state index contributed by atoms with van der Waals surface area (Å²) in [4.78, 5) is 26.5. The summed E-state index contributed by atoms with van der Waals surface area (Å²) in [5, 5.41) is 13.7. The minimum absolute atomic E-state index is 0.121. The number of hydrogen-bond donors (Lipinski definition) is 1. The third-order valence-corrected chi connectivity index (χ3v) is 2.83. The molecule has 0 saturated carbocycles. The number of nitro benzene ring substituents is 1. The first-order valence-electron chi connectivity index (χ1n) is 6.74. The molecule has 1 aromatic carbocycles. The van der Waals surface area contributed by atoms with Crippen LogP contribution in [0.5, 0.6) is 5.75 Å². The van der Waals surface area contributed by atoms with Crippen molar-refractivity contribution in [2.24, 2.45) is 0 Å². The van der Waals surface area contributed by atoms with E-state index in [2.05, 4.69) is 10.3 Å². The molecule has 22 heavy (non-hydrogen) atoms. The fourth-order valence-electron chi connectivity index (χ4n) is 1.78. The molecule has 1 aromatic heterocycles. The molecule has 0 radical (unpaired) electrons. The van der Waals surface area contributed by atoms with Crippen LogP contribution in [0.25, 0.3) is 0 Å². The van der Waals surface area contributed by atoms with Gasteiger partial charge in [-0.15, -0.1) is 0 Å². The average molecular weight is 301 g/mol. The van der Waals surface area contributed by atoms with Crippen molar-refractivity contribution < 1.29 is 14.5 Å². The highest BCUT2D eigenvalue weighted by atomic mass is 16.6. The number of amides is 1. The summed E-state index contributed by atoms with van der Waals surface area (Å²) in [6.45, 7) is 2.41. The van der Waals surface area contributed by atoms with Crippen LogP contribution in [0.3, 0.4) is 0 Å². The summed E-state index contributed by atoms with van der Waals surface area (Å²) in [5.41, 5.74) is 0.280. The van der Waals surface area contributed by atoms with E-state index in [4.69, 9.17) is 4.74 Å². The smallest absolute Gasteiger partial charge is 0.296 e. The lowest BCUT2D eigenvalue weighted by atomic mass is 10.2. The zero-order chi connectivity index (χ0) is 15.9. The first kappa shape index (κ1) is 15.4. The minimum Gasteiger partial charge on any atom is -0.493 e. The SMILES string of the molecule is CCCOc1ccc(NC(=O)c2ccncc2)c([N+](=O)[O-])c1. The monoisotopic (exact) mass is 301 g/mol. The van der Waals surface area contributed by atoms with Crippen molar-refractivity contribution in [1.82, 2.24) is 4.98 Å². The van der Waals surface area contributed by atoms with Crippen molar-refractivity contribution in [3.63, 3.8) is 0 Å². The van der Waals surface area contributed by atoms with Crippen LogP contribution in [0.15, 0.2) is 42.7 Å². The molecule has 0 aliphatic heterocycles. The molecule has 0 atom stereocenters. The molecule has 7 nitrogen and oxygen atoms in total. The van der Waals surface area contributed by atoms with Crippen LogP contribution in [-0.4, -0.2) is 22.4 Å². The highest BCUT2D eigenvalue weighted by Gasteiger charge is 2.18. The van der Waals surface area contributed by atoms with Gasteiger partial charge in [0.05, 0.1) is 17.6 Å².